The number of aliphatic carboxylic acids is 3. The third-order valence-electron chi connectivity index (χ3n) is 9.36. The van der Waals surface area contributed by atoms with Crippen molar-refractivity contribution < 1.29 is 68.4 Å². The van der Waals surface area contributed by atoms with Crippen LogP contribution in [-0.2, 0) is 47.9 Å². The van der Waals surface area contributed by atoms with E-state index in [2.05, 4.69) is 31.9 Å². The van der Waals surface area contributed by atoms with E-state index in [1.165, 1.54) is 0 Å². The van der Waals surface area contributed by atoms with Crippen LogP contribution < -0.4 is 43.4 Å². The van der Waals surface area contributed by atoms with Crippen molar-refractivity contribution in [2.75, 3.05) is 26.2 Å². The van der Waals surface area contributed by atoms with Gasteiger partial charge >= 0.3 is 17.9 Å². The predicted molar refractivity (Wildman–Crippen MR) is 211 cm³/mol. The van der Waals surface area contributed by atoms with Crippen molar-refractivity contribution in [1.82, 2.24) is 36.8 Å². The lowest BCUT2D eigenvalue weighted by Crippen LogP contribution is -2.59. The molecule has 1 aliphatic rings. The molecule has 1 heterocycles. The minimum absolute atomic E-state index is 0.00672. The number of carboxylic acid groups (broad SMARTS) is 3. The van der Waals surface area contributed by atoms with Crippen LogP contribution in [-0.4, -0.2) is 153 Å². The number of carbonyl (C=O) groups excluding carboxylic acids is 7. The first-order valence-corrected chi connectivity index (χ1v) is 19.9. The molecule has 0 aliphatic carbocycles. The minimum Gasteiger partial charge on any atom is -0.481 e. The molecular formula is C37H63N9O14. The van der Waals surface area contributed by atoms with E-state index in [9.17, 15) is 63.3 Å². The Kier molecular flexibility index (Phi) is 23.3. The number of nitrogens with two attached hydrogens (primary N) is 2. The molecular weight excluding hydrogens is 794 g/mol. The van der Waals surface area contributed by atoms with Gasteiger partial charge in [-0.25, -0.2) is 4.79 Å². The highest BCUT2D eigenvalue weighted by atomic mass is 16.4. The van der Waals surface area contributed by atoms with Gasteiger partial charge in [0.15, 0.2) is 0 Å². The number of carboxylic acids is 3. The molecule has 1 saturated heterocycles. The fraction of sp³-hybridized carbons (Fsp3) is 0.730. The zero-order valence-electron chi connectivity index (χ0n) is 34.6. The smallest absolute Gasteiger partial charge is 0.326 e. The lowest BCUT2D eigenvalue weighted by molar-refractivity contribution is -0.143. The van der Waals surface area contributed by atoms with Crippen LogP contribution in [0.4, 0.5) is 0 Å². The quantitative estimate of drug-likeness (QED) is 0.0339. The lowest BCUT2D eigenvalue weighted by Gasteiger charge is -2.28. The molecule has 7 amide bonds. The molecule has 7 atom stereocenters. The molecule has 1 rings (SSSR count). The fourth-order valence-electron chi connectivity index (χ4n) is 6.27. The Bertz CT molecular complexity index is 1530. The summed E-state index contributed by atoms with van der Waals surface area (Å²) in [4.78, 5) is 128. The van der Waals surface area contributed by atoms with Crippen LogP contribution in [0.5, 0.6) is 0 Å². The Balaban J connectivity index is 3.08. The predicted octanol–water partition coefficient (Wildman–Crippen LogP) is -3.52. The largest absolute Gasteiger partial charge is 0.481 e. The van der Waals surface area contributed by atoms with Gasteiger partial charge in [0, 0.05) is 13.0 Å². The van der Waals surface area contributed by atoms with E-state index in [4.69, 9.17) is 16.6 Å². The number of aliphatic hydroxyl groups is 1. The van der Waals surface area contributed by atoms with Crippen molar-refractivity contribution >= 4 is 59.3 Å². The Morgan fingerprint density at radius 3 is 1.75 bits per heavy atom. The van der Waals surface area contributed by atoms with Crippen molar-refractivity contribution in [2.24, 2.45) is 23.3 Å². The molecule has 0 radical (unpaired) electrons. The molecule has 1 fully saturated rings. The number of nitrogens with zero attached hydrogens (tertiary/aromatic N) is 1. The Morgan fingerprint density at radius 1 is 0.667 bits per heavy atom. The van der Waals surface area contributed by atoms with Gasteiger partial charge < -0.3 is 68.7 Å². The molecule has 7 unspecified atom stereocenters. The number of amides is 7. The van der Waals surface area contributed by atoms with Gasteiger partial charge in [-0.2, -0.15) is 0 Å². The number of rotatable bonds is 28. The third-order valence-corrected chi connectivity index (χ3v) is 9.36. The van der Waals surface area contributed by atoms with Crippen molar-refractivity contribution in [2.45, 2.75) is 134 Å². The average molecular weight is 858 g/mol. The number of hydrogen-bond acceptors (Lipinski definition) is 13. The molecule has 60 heavy (non-hydrogen) atoms. The lowest BCUT2D eigenvalue weighted by atomic mass is 10.0. The standard InChI is InChI=1S/C37H63N9O14/c1-19(2)14-21(39)31(53)41-23(10-11-29(49)50)34(56)43-24(16-30(51)52)32(54)40-17-28(48)46-13-7-9-27(46)36(58)42-22(8-5-6-12-38)33(55)45-26(18-47)35(57)44-25(37(59)60)15-20(3)4/h19-27,47H,5-18,38-39H2,1-4H3,(H,40,54)(H,41,53)(H,42,58)(H,43,56)(H,44,57)(H,45,55)(H,49,50)(H,51,52)(H,59,60). The topological polar surface area (TPSA) is 379 Å². The highest BCUT2D eigenvalue weighted by molar-refractivity contribution is 5.97. The van der Waals surface area contributed by atoms with Crippen LogP contribution in [0.15, 0.2) is 0 Å². The van der Waals surface area contributed by atoms with E-state index in [-0.39, 0.29) is 50.6 Å². The number of hydrogen-bond donors (Lipinski definition) is 12. The SMILES string of the molecule is CC(C)CC(N)C(=O)NC(CCC(=O)O)C(=O)NC(CC(=O)O)C(=O)NCC(=O)N1CCCC1C(=O)NC(CCCCN)C(=O)NC(CO)C(=O)NC(CC(C)C)C(=O)O. The highest BCUT2D eigenvalue weighted by Crippen LogP contribution is 2.18. The summed E-state index contributed by atoms with van der Waals surface area (Å²) in [6.07, 6.45) is -0.281. The zero-order valence-corrected chi connectivity index (χ0v) is 34.6. The maximum Gasteiger partial charge on any atom is 0.326 e. The van der Waals surface area contributed by atoms with Crippen LogP contribution >= 0.6 is 0 Å². The van der Waals surface area contributed by atoms with Crippen LogP contribution in [0.25, 0.3) is 0 Å². The molecule has 0 bridgehead atoms. The Hall–Kier alpha value is -5.42. The summed E-state index contributed by atoms with van der Waals surface area (Å²) in [5.41, 5.74) is 11.5. The average Bonchev–Trinajstić information content (AvgIpc) is 3.66. The first-order chi connectivity index (χ1) is 28.1. The van der Waals surface area contributed by atoms with E-state index in [1.54, 1.807) is 27.7 Å². The summed E-state index contributed by atoms with van der Waals surface area (Å²) in [7, 11) is 0. The molecule has 23 heteroatoms. The fourth-order valence-corrected chi connectivity index (χ4v) is 6.27. The first-order valence-electron chi connectivity index (χ1n) is 19.9. The van der Waals surface area contributed by atoms with Gasteiger partial charge in [0.25, 0.3) is 0 Å². The maximum atomic E-state index is 13.6. The second-order valence-corrected chi connectivity index (χ2v) is 15.5. The van der Waals surface area contributed by atoms with Crippen LogP contribution in [0.3, 0.4) is 0 Å². The number of aliphatic hydroxyl groups excluding tert-OH is 1. The zero-order chi connectivity index (χ0) is 45.7. The number of likely N-dealkylation sites (tertiary alicyclic amines) is 1. The molecule has 0 spiro atoms. The molecule has 0 aromatic rings. The summed E-state index contributed by atoms with van der Waals surface area (Å²) in [5, 5.41) is 52.0. The van der Waals surface area contributed by atoms with Crippen molar-refractivity contribution in [1.29, 1.82) is 0 Å². The summed E-state index contributed by atoms with van der Waals surface area (Å²) < 4.78 is 0. The molecule has 0 aromatic carbocycles. The van der Waals surface area contributed by atoms with E-state index in [0.29, 0.717) is 19.3 Å². The maximum absolute atomic E-state index is 13.6. The van der Waals surface area contributed by atoms with Gasteiger partial charge in [0.2, 0.25) is 41.4 Å². The monoisotopic (exact) mass is 857 g/mol. The first kappa shape index (κ1) is 52.6. The van der Waals surface area contributed by atoms with Gasteiger partial charge in [-0.05, 0) is 69.7 Å². The van der Waals surface area contributed by atoms with E-state index >= 15 is 0 Å². The molecule has 0 saturated carbocycles. The molecule has 340 valence electrons. The number of nitrogens with one attached hydrogen (secondary N) is 6. The number of carbonyl (C=O) groups is 10. The number of unbranched alkanes of at least 4 members (excludes halogenated alkanes) is 1. The second-order valence-electron chi connectivity index (χ2n) is 15.5. The van der Waals surface area contributed by atoms with Crippen LogP contribution in [0.1, 0.15) is 91.9 Å². The van der Waals surface area contributed by atoms with Crippen LogP contribution in [0.2, 0.25) is 0 Å². The molecule has 1 aliphatic heterocycles. The Morgan fingerprint density at radius 2 is 1.22 bits per heavy atom. The summed E-state index contributed by atoms with van der Waals surface area (Å²) >= 11 is 0. The van der Waals surface area contributed by atoms with E-state index < -0.39 is 134 Å². The minimum atomic E-state index is -1.78. The van der Waals surface area contributed by atoms with Crippen molar-refractivity contribution in [3.63, 3.8) is 0 Å². The Labute approximate surface area is 347 Å². The normalized spacial score (nSPS) is 16.7. The molecule has 0 aromatic heterocycles. The highest BCUT2D eigenvalue weighted by Gasteiger charge is 2.37. The second kappa shape index (κ2) is 26.6. The summed E-state index contributed by atoms with van der Waals surface area (Å²) in [6, 6.07) is -9.59. The van der Waals surface area contributed by atoms with Gasteiger partial charge in [-0.1, -0.05) is 27.7 Å². The van der Waals surface area contributed by atoms with Crippen molar-refractivity contribution in [3.05, 3.63) is 0 Å². The van der Waals surface area contributed by atoms with Gasteiger partial charge in [-0.15, -0.1) is 0 Å². The molecule has 14 N–H and O–H groups in total. The van der Waals surface area contributed by atoms with Crippen LogP contribution in [0, 0.1) is 11.8 Å². The van der Waals surface area contributed by atoms with E-state index in [0.717, 1.165) is 4.90 Å². The van der Waals surface area contributed by atoms with Gasteiger partial charge in [0.05, 0.1) is 25.6 Å². The summed E-state index contributed by atoms with van der Waals surface area (Å²) in [6.45, 7) is 5.79. The summed E-state index contributed by atoms with van der Waals surface area (Å²) in [5.74, 6) is -10.5. The van der Waals surface area contributed by atoms with Crippen molar-refractivity contribution in [3.8, 4) is 0 Å². The van der Waals surface area contributed by atoms with Gasteiger partial charge in [0.1, 0.15) is 36.3 Å². The third kappa shape index (κ3) is 19.1. The van der Waals surface area contributed by atoms with Gasteiger partial charge in [-0.3, -0.25) is 43.2 Å². The molecule has 23 nitrogen and oxygen atoms in total. The van der Waals surface area contributed by atoms with E-state index in [1.807, 2.05) is 0 Å².